The summed E-state index contributed by atoms with van der Waals surface area (Å²) in [4.78, 5) is 8.25. The van der Waals surface area contributed by atoms with Crippen LogP contribution in [0.1, 0.15) is 6.23 Å². The van der Waals surface area contributed by atoms with Gasteiger partial charge in [-0.2, -0.15) is 0 Å². The summed E-state index contributed by atoms with van der Waals surface area (Å²) in [5.74, 6) is 2.13. The fourth-order valence-corrected chi connectivity index (χ4v) is 2.48. The minimum Gasteiger partial charge on any atom is -0.397 e. The van der Waals surface area contributed by atoms with E-state index in [1.54, 1.807) is 6.07 Å². The van der Waals surface area contributed by atoms with Crippen molar-refractivity contribution >= 4 is 16.9 Å². The third-order valence-electron chi connectivity index (χ3n) is 3.64. The summed E-state index contributed by atoms with van der Waals surface area (Å²) in [5.41, 5.74) is 5.00. The minimum absolute atomic E-state index is 0.361. The number of nitrogens with two attached hydrogens (primary N) is 1. The quantitative estimate of drug-likeness (QED) is 0.502. The summed E-state index contributed by atoms with van der Waals surface area (Å²) in [6.45, 7) is -0.482. The van der Waals surface area contributed by atoms with Gasteiger partial charge in [-0.05, 0) is 6.07 Å². The number of imidazole rings is 1. The molecule has 0 unspecified atom stereocenters. The monoisotopic (exact) mass is 290 g/mol. The van der Waals surface area contributed by atoms with Gasteiger partial charge in [-0.1, -0.05) is 5.92 Å². The number of aliphatic hydroxyl groups excluding tert-OH is 2. The Morgan fingerprint density at radius 2 is 2.29 bits per heavy atom. The van der Waals surface area contributed by atoms with Crippen LogP contribution in [0.15, 0.2) is 18.6 Å². The highest BCUT2D eigenvalue weighted by molar-refractivity contribution is 5.83. The lowest BCUT2D eigenvalue weighted by molar-refractivity contribution is -0.0721. The number of anilines is 1. The van der Waals surface area contributed by atoms with Crippen molar-refractivity contribution < 1.29 is 20.1 Å². The summed E-state index contributed by atoms with van der Waals surface area (Å²) in [5, 5.41) is 29.8. The van der Waals surface area contributed by atoms with Gasteiger partial charge in [0.05, 0.1) is 18.6 Å². The van der Waals surface area contributed by atoms with Crippen LogP contribution >= 0.6 is 0 Å². The Bertz CT molecular complexity index is 725. The van der Waals surface area contributed by atoms with Crippen molar-refractivity contribution in [1.29, 1.82) is 0 Å². The van der Waals surface area contributed by atoms with Gasteiger partial charge in [0, 0.05) is 6.20 Å². The Hall–Kier alpha value is -2.18. The average molecular weight is 290 g/mol. The summed E-state index contributed by atoms with van der Waals surface area (Å²) < 4.78 is 6.86. The van der Waals surface area contributed by atoms with Gasteiger partial charge in [-0.15, -0.1) is 6.42 Å². The lowest BCUT2D eigenvalue weighted by Crippen LogP contribution is -2.45. The molecule has 8 heteroatoms. The van der Waals surface area contributed by atoms with Crippen LogP contribution in [0.5, 0.6) is 0 Å². The van der Waals surface area contributed by atoms with Gasteiger partial charge in [-0.3, -0.25) is 4.57 Å². The number of hydrogen-bond acceptors (Lipinski definition) is 7. The predicted octanol–water partition coefficient (Wildman–Crippen LogP) is -1.37. The third-order valence-corrected chi connectivity index (χ3v) is 3.64. The van der Waals surface area contributed by atoms with E-state index in [2.05, 4.69) is 15.9 Å². The molecule has 1 aliphatic rings. The number of aromatic nitrogens is 3. The molecule has 5 N–H and O–H groups in total. The number of nitrogen functional groups attached to an aromatic ring is 1. The maximum atomic E-state index is 10.5. The van der Waals surface area contributed by atoms with Gasteiger partial charge >= 0.3 is 0 Å². The van der Waals surface area contributed by atoms with E-state index in [-0.39, 0.29) is 0 Å². The standard InChI is InChI=1S/C13H14N4O4/c1-2-13(20)10(19)8(5-18)21-12(13)17-6-16-9-7(14)3-4-15-11(9)17/h1,3-4,6,8,10,12,18-20H,5H2,(H2,14,15)/t8-,10-,12-,13-/m1/s1. The molecule has 1 fully saturated rings. The molecular weight excluding hydrogens is 276 g/mol. The van der Waals surface area contributed by atoms with Crippen LogP contribution in [0.2, 0.25) is 0 Å². The van der Waals surface area contributed by atoms with E-state index in [9.17, 15) is 15.3 Å². The molecule has 2 aromatic heterocycles. The molecule has 2 aromatic rings. The second kappa shape index (κ2) is 4.68. The maximum absolute atomic E-state index is 10.5. The van der Waals surface area contributed by atoms with E-state index >= 15 is 0 Å². The molecule has 110 valence electrons. The zero-order chi connectivity index (χ0) is 15.2. The highest BCUT2D eigenvalue weighted by Crippen LogP contribution is 2.39. The first-order valence-corrected chi connectivity index (χ1v) is 6.24. The molecule has 4 atom stereocenters. The Balaban J connectivity index is 2.14. The lowest BCUT2D eigenvalue weighted by atomic mass is 9.95. The van der Waals surface area contributed by atoms with Crippen molar-refractivity contribution in [2.45, 2.75) is 24.0 Å². The first-order chi connectivity index (χ1) is 10.0. The molecule has 0 saturated carbocycles. The van der Waals surface area contributed by atoms with Gasteiger partial charge in [0.15, 0.2) is 17.5 Å². The predicted molar refractivity (Wildman–Crippen MR) is 72.7 cm³/mol. The Labute approximate surface area is 119 Å². The van der Waals surface area contributed by atoms with Crippen molar-refractivity contribution in [2.75, 3.05) is 12.3 Å². The van der Waals surface area contributed by atoms with Crippen molar-refractivity contribution in [3.05, 3.63) is 18.6 Å². The van der Waals surface area contributed by atoms with Gasteiger partial charge in [-0.25, -0.2) is 9.97 Å². The molecule has 0 bridgehead atoms. The topological polar surface area (TPSA) is 127 Å². The Morgan fingerprint density at radius 3 is 2.95 bits per heavy atom. The highest BCUT2D eigenvalue weighted by atomic mass is 16.6. The van der Waals surface area contributed by atoms with E-state index in [0.29, 0.717) is 16.9 Å². The van der Waals surface area contributed by atoms with Crippen LogP contribution in [0.3, 0.4) is 0 Å². The van der Waals surface area contributed by atoms with E-state index in [1.807, 2.05) is 0 Å². The average Bonchev–Trinajstić information content (AvgIpc) is 3.01. The number of rotatable bonds is 2. The van der Waals surface area contributed by atoms with Crippen LogP contribution in [-0.4, -0.2) is 54.3 Å². The van der Waals surface area contributed by atoms with Gasteiger partial charge in [0.2, 0.25) is 0 Å². The zero-order valence-corrected chi connectivity index (χ0v) is 10.9. The number of aliphatic hydroxyl groups is 3. The van der Waals surface area contributed by atoms with Crippen LogP contribution in [0.4, 0.5) is 5.69 Å². The molecule has 0 amide bonds. The second-order valence-electron chi connectivity index (χ2n) is 4.85. The SMILES string of the molecule is C#C[C@@]1(O)[C@H](O)[C@@H](CO)O[C@H]1n1cnc2c(N)ccnc21. The number of terminal acetylenes is 1. The molecule has 0 aliphatic carbocycles. The zero-order valence-electron chi connectivity index (χ0n) is 10.9. The summed E-state index contributed by atoms with van der Waals surface area (Å²) in [6.07, 6.45) is 4.63. The van der Waals surface area contributed by atoms with Crippen molar-refractivity contribution in [3.8, 4) is 12.3 Å². The van der Waals surface area contributed by atoms with Crippen LogP contribution in [0, 0.1) is 12.3 Å². The molecule has 0 radical (unpaired) electrons. The minimum atomic E-state index is -2.01. The first-order valence-electron chi connectivity index (χ1n) is 6.24. The summed E-state index contributed by atoms with van der Waals surface area (Å²) in [6, 6.07) is 1.59. The first kappa shape index (κ1) is 13.8. The molecule has 1 aliphatic heterocycles. The fraction of sp³-hybridized carbons (Fsp3) is 0.385. The second-order valence-corrected chi connectivity index (χ2v) is 4.85. The van der Waals surface area contributed by atoms with Gasteiger partial charge in [0.1, 0.15) is 17.7 Å². The van der Waals surface area contributed by atoms with Gasteiger partial charge < -0.3 is 25.8 Å². The molecule has 3 heterocycles. The molecule has 8 nitrogen and oxygen atoms in total. The molecule has 0 aromatic carbocycles. The lowest BCUT2D eigenvalue weighted by Gasteiger charge is -2.26. The number of pyridine rings is 1. The molecule has 0 spiro atoms. The van der Waals surface area contributed by atoms with Crippen molar-refractivity contribution in [2.24, 2.45) is 0 Å². The summed E-state index contributed by atoms with van der Waals surface area (Å²) >= 11 is 0. The summed E-state index contributed by atoms with van der Waals surface area (Å²) in [7, 11) is 0. The molecule has 3 rings (SSSR count). The van der Waals surface area contributed by atoms with Gasteiger partial charge in [0.25, 0.3) is 0 Å². The largest absolute Gasteiger partial charge is 0.397 e. The normalized spacial score (nSPS) is 32.4. The van der Waals surface area contributed by atoms with Crippen LogP contribution < -0.4 is 5.73 Å². The van der Waals surface area contributed by atoms with E-state index < -0.39 is 30.6 Å². The highest BCUT2D eigenvalue weighted by Gasteiger charge is 2.55. The van der Waals surface area contributed by atoms with E-state index in [4.69, 9.17) is 16.9 Å². The van der Waals surface area contributed by atoms with E-state index in [0.717, 1.165) is 0 Å². The fourth-order valence-electron chi connectivity index (χ4n) is 2.48. The maximum Gasteiger partial charge on any atom is 0.199 e. The third kappa shape index (κ3) is 1.80. The van der Waals surface area contributed by atoms with Crippen LogP contribution in [0.25, 0.3) is 11.2 Å². The molecule has 21 heavy (non-hydrogen) atoms. The smallest absolute Gasteiger partial charge is 0.199 e. The number of hydrogen-bond donors (Lipinski definition) is 4. The van der Waals surface area contributed by atoms with Crippen LogP contribution in [-0.2, 0) is 4.74 Å². The molecule has 1 saturated heterocycles. The Kier molecular flexibility index (Phi) is 3.07. The van der Waals surface area contributed by atoms with E-state index in [1.165, 1.54) is 17.1 Å². The number of fused-ring (bicyclic) bond motifs is 1. The van der Waals surface area contributed by atoms with Crippen molar-refractivity contribution in [3.63, 3.8) is 0 Å². The number of ether oxygens (including phenoxy) is 1. The van der Waals surface area contributed by atoms with Crippen molar-refractivity contribution in [1.82, 2.24) is 14.5 Å². The molecular formula is C13H14N4O4. The Morgan fingerprint density at radius 1 is 1.52 bits per heavy atom. The number of nitrogens with zero attached hydrogens (tertiary/aromatic N) is 3.